The molecule has 0 aliphatic rings. The minimum Gasteiger partial charge on any atom is -0.384 e. The van der Waals surface area contributed by atoms with Gasteiger partial charge in [-0.1, -0.05) is 12.1 Å². The molecule has 120 valence electrons. The SMILES string of the molecule is CNS(=O)(=O)c1ccccc1NCCCCN(C)C(C)C. The number of hydrogen-bond donors (Lipinski definition) is 2. The number of sulfonamides is 1. The molecule has 6 heteroatoms. The quantitative estimate of drug-likeness (QED) is 0.686. The predicted molar refractivity (Wildman–Crippen MR) is 88.2 cm³/mol. The molecule has 0 aliphatic carbocycles. The molecule has 0 atom stereocenters. The van der Waals surface area contributed by atoms with E-state index < -0.39 is 10.0 Å². The number of nitrogens with one attached hydrogen (secondary N) is 2. The van der Waals surface area contributed by atoms with Crippen LogP contribution in [0.15, 0.2) is 29.2 Å². The van der Waals surface area contributed by atoms with Gasteiger partial charge in [0.25, 0.3) is 0 Å². The van der Waals surface area contributed by atoms with Crippen molar-refractivity contribution in [2.45, 2.75) is 37.6 Å². The number of hydrogen-bond acceptors (Lipinski definition) is 4. The zero-order valence-electron chi connectivity index (χ0n) is 13.4. The van der Waals surface area contributed by atoms with Crippen LogP contribution in [0.1, 0.15) is 26.7 Å². The topological polar surface area (TPSA) is 61.4 Å². The van der Waals surface area contributed by atoms with Gasteiger partial charge in [-0.25, -0.2) is 13.1 Å². The molecular weight excluding hydrogens is 286 g/mol. The van der Waals surface area contributed by atoms with Crippen LogP contribution >= 0.6 is 0 Å². The number of benzene rings is 1. The highest BCUT2D eigenvalue weighted by Crippen LogP contribution is 2.20. The molecular formula is C15H27N3O2S. The third-order valence-electron chi connectivity index (χ3n) is 3.58. The van der Waals surface area contributed by atoms with Crippen molar-refractivity contribution in [2.24, 2.45) is 0 Å². The standard InChI is InChI=1S/C15H27N3O2S/c1-13(2)18(4)12-8-7-11-17-14-9-5-6-10-15(14)21(19,20)16-3/h5-6,9-10,13,16-17H,7-8,11-12H2,1-4H3. The average molecular weight is 313 g/mol. The van der Waals surface area contributed by atoms with Crippen LogP contribution in [0.25, 0.3) is 0 Å². The number of rotatable bonds is 9. The summed E-state index contributed by atoms with van der Waals surface area (Å²) in [6.45, 7) is 6.17. The van der Waals surface area contributed by atoms with E-state index in [2.05, 4.69) is 35.8 Å². The van der Waals surface area contributed by atoms with Gasteiger partial charge in [-0.3, -0.25) is 0 Å². The lowest BCUT2D eigenvalue weighted by atomic mass is 10.2. The van der Waals surface area contributed by atoms with Gasteiger partial charge in [-0.2, -0.15) is 0 Å². The largest absolute Gasteiger partial charge is 0.384 e. The maximum absolute atomic E-state index is 11.9. The summed E-state index contributed by atoms with van der Waals surface area (Å²) in [7, 11) is 0.125. The molecule has 5 nitrogen and oxygen atoms in total. The molecule has 0 radical (unpaired) electrons. The first-order chi connectivity index (χ1) is 9.88. The molecule has 0 aliphatic heterocycles. The molecule has 0 heterocycles. The molecule has 0 spiro atoms. The third-order valence-corrected chi connectivity index (χ3v) is 5.05. The van der Waals surface area contributed by atoms with Crippen molar-refractivity contribution in [3.8, 4) is 0 Å². The van der Waals surface area contributed by atoms with Gasteiger partial charge in [-0.05, 0) is 59.5 Å². The van der Waals surface area contributed by atoms with E-state index in [1.54, 1.807) is 18.2 Å². The van der Waals surface area contributed by atoms with Gasteiger partial charge in [0.05, 0.1) is 5.69 Å². The average Bonchev–Trinajstić information content (AvgIpc) is 2.46. The van der Waals surface area contributed by atoms with E-state index in [0.717, 1.165) is 25.9 Å². The Morgan fingerprint density at radius 1 is 1.19 bits per heavy atom. The van der Waals surface area contributed by atoms with Crippen molar-refractivity contribution >= 4 is 15.7 Å². The smallest absolute Gasteiger partial charge is 0.242 e. The predicted octanol–water partition coefficient (Wildman–Crippen LogP) is 2.13. The zero-order chi connectivity index (χ0) is 15.9. The summed E-state index contributed by atoms with van der Waals surface area (Å²) >= 11 is 0. The van der Waals surface area contributed by atoms with Gasteiger partial charge in [-0.15, -0.1) is 0 Å². The first kappa shape index (κ1) is 17.9. The molecule has 0 saturated carbocycles. The van der Waals surface area contributed by atoms with E-state index in [-0.39, 0.29) is 0 Å². The number of anilines is 1. The number of nitrogens with zero attached hydrogens (tertiary/aromatic N) is 1. The highest BCUT2D eigenvalue weighted by Gasteiger charge is 2.15. The third kappa shape index (κ3) is 5.65. The van der Waals surface area contributed by atoms with Crippen LogP contribution in [0.2, 0.25) is 0 Å². The molecule has 21 heavy (non-hydrogen) atoms. The summed E-state index contributed by atoms with van der Waals surface area (Å²) in [4.78, 5) is 2.60. The van der Waals surface area contributed by atoms with Crippen LogP contribution in [0.3, 0.4) is 0 Å². The van der Waals surface area contributed by atoms with Gasteiger partial charge in [0, 0.05) is 12.6 Å². The zero-order valence-corrected chi connectivity index (χ0v) is 14.2. The van der Waals surface area contributed by atoms with E-state index >= 15 is 0 Å². The lowest BCUT2D eigenvalue weighted by Gasteiger charge is -2.20. The number of unbranched alkanes of at least 4 members (excludes halogenated alkanes) is 1. The van der Waals surface area contributed by atoms with Crippen molar-refractivity contribution in [3.63, 3.8) is 0 Å². The van der Waals surface area contributed by atoms with Crippen LogP contribution in [-0.4, -0.2) is 46.5 Å². The van der Waals surface area contributed by atoms with Gasteiger partial charge >= 0.3 is 0 Å². The summed E-state index contributed by atoms with van der Waals surface area (Å²) in [6, 6.07) is 7.53. The van der Waals surface area contributed by atoms with E-state index in [4.69, 9.17) is 0 Å². The van der Waals surface area contributed by atoms with Crippen molar-refractivity contribution in [3.05, 3.63) is 24.3 Å². The molecule has 0 aromatic heterocycles. The second-order valence-electron chi connectivity index (χ2n) is 5.41. The minimum atomic E-state index is -3.42. The maximum atomic E-state index is 11.9. The van der Waals surface area contributed by atoms with Crippen LogP contribution in [0.4, 0.5) is 5.69 Å². The summed E-state index contributed by atoms with van der Waals surface area (Å²) in [5.41, 5.74) is 0.657. The fourth-order valence-corrected chi connectivity index (χ4v) is 2.83. The highest BCUT2D eigenvalue weighted by atomic mass is 32.2. The van der Waals surface area contributed by atoms with Crippen molar-refractivity contribution in [1.29, 1.82) is 0 Å². The first-order valence-corrected chi connectivity index (χ1v) is 8.83. The van der Waals surface area contributed by atoms with Gasteiger partial charge < -0.3 is 10.2 Å². The minimum absolute atomic E-state index is 0.298. The van der Waals surface area contributed by atoms with Crippen LogP contribution in [0.5, 0.6) is 0 Å². The lowest BCUT2D eigenvalue weighted by Crippen LogP contribution is -2.27. The number of para-hydroxylation sites is 1. The molecule has 0 fully saturated rings. The Kier molecular flexibility index (Phi) is 7.14. The summed E-state index contributed by atoms with van der Waals surface area (Å²) in [6.07, 6.45) is 2.09. The van der Waals surface area contributed by atoms with Crippen molar-refractivity contribution < 1.29 is 8.42 Å². The van der Waals surface area contributed by atoms with Crippen molar-refractivity contribution in [1.82, 2.24) is 9.62 Å². The Morgan fingerprint density at radius 2 is 1.86 bits per heavy atom. The Morgan fingerprint density at radius 3 is 2.48 bits per heavy atom. The fourth-order valence-electron chi connectivity index (χ4n) is 1.92. The molecule has 1 rings (SSSR count). The molecule has 1 aromatic carbocycles. The first-order valence-electron chi connectivity index (χ1n) is 7.35. The Labute approximate surface area is 128 Å². The summed E-state index contributed by atoms with van der Waals surface area (Å²) < 4.78 is 26.2. The molecule has 1 aromatic rings. The van der Waals surface area contributed by atoms with E-state index in [9.17, 15) is 8.42 Å². The monoisotopic (exact) mass is 313 g/mol. The molecule has 0 saturated heterocycles. The molecule has 0 unspecified atom stereocenters. The Bertz CT molecular complexity index is 529. The molecule has 0 amide bonds. The summed E-state index contributed by atoms with van der Waals surface area (Å²) in [5, 5.41) is 3.22. The van der Waals surface area contributed by atoms with Crippen LogP contribution < -0.4 is 10.0 Å². The Balaban J connectivity index is 2.50. The second kappa shape index (κ2) is 8.36. The Hall–Kier alpha value is -1.11. The maximum Gasteiger partial charge on any atom is 0.242 e. The lowest BCUT2D eigenvalue weighted by molar-refractivity contribution is 0.269. The highest BCUT2D eigenvalue weighted by molar-refractivity contribution is 7.89. The normalized spacial score (nSPS) is 12.1. The van der Waals surface area contributed by atoms with E-state index in [0.29, 0.717) is 16.6 Å². The molecule has 0 bridgehead atoms. The fraction of sp³-hybridized carbons (Fsp3) is 0.600. The van der Waals surface area contributed by atoms with Crippen LogP contribution in [-0.2, 0) is 10.0 Å². The molecule has 2 N–H and O–H groups in total. The second-order valence-corrected chi connectivity index (χ2v) is 7.27. The van der Waals surface area contributed by atoms with Crippen LogP contribution in [0, 0.1) is 0 Å². The van der Waals surface area contributed by atoms with E-state index in [1.807, 2.05) is 6.07 Å². The van der Waals surface area contributed by atoms with Gasteiger partial charge in [0.2, 0.25) is 10.0 Å². The summed E-state index contributed by atoms with van der Waals surface area (Å²) in [5.74, 6) is 0. The van der Waals surface area contributed by atoms with Gasteiger partial charge in [0.1, 0.15) is 4.90 Å². The van der Waals surface area contributed by atoms with Gasteiger partial charge in [0.15, 0.2) is 0 Å². The van der Waals surface area contributed by atoms with E-state index in [1.165, 1.54) is 7.05 Å². The van der Waals surface area contributed by atoms with Crippen molar-refractivity contribution in [2.75, 3.05) is 32.5 Å².